The fourth-order valence-electron chi connectivity index (χ4n) is 8.96. The Labute approximate surface area is 302 Å². The minimum atomic E-state index is -0.337. The number of imidazole rings is 2. The monoisotopic (exact) mass is 722 g/mol. The van der Waals surface area contributed by atoms with Crippen LogP contribution in [0.3, 0.4) is 0 Å². The molecule has 4 fully saturated rings. The predicted molar refractivity (Wildman–Crippen MR) is 197 cm³/mol. The highest BCUT2D eigenvalue weighted by atomic mass is 19.1. The molecule has 4 aliphatic rings. The van der Waals surface area contributed by atoms with Crippen LogP contribution in [0.1, 0.15) is 77.8 Å². The molecule has 2 atom stereocenters. The molecule has 282 valence electrons. The second-order valence-electron chi connectivity index (χ2n) is 15.6. The Morgan fingerprint density at radius 1 is 0.788 bits per heavy atom. The normalized spacial score (nSPS) is 25.2. The van der Waals surface area contributed by atoms with Crippen molar-refractivity contribution in [3.8, 4) is 0 Å². The summed E-state index contributed by atoms with van der Waals surface area (Å²) in [7, 11) is 0. The number of halogens is 2. The van der Waals surface area contributed by atoms with Gasteiger partial charge in [0.05, 0.1) is 28.7 Å². The first-order valence-corrected chi connectivity index (χ1v) is 18.9. The Kier molecular flexibility index (Phi) is 10.3. The van der Waals surface area contributed by atoms with Gasteiger partial charge in [0.15, 0.2) is 0 Å². The fraction of sp³-hybridized carbons (Fsp3) is 0.605. The minimum absolute atomic E-state index is 0.0462. The largest absolute Gasteiger partial charge is 0.449 e. The van der Waals surface area contributed by atoms with Gasteiger partial charge in [0, 0.05) is 69.0 Å². The van der Waals surface area contributed by atoms with Crippen LogP contribution in [-0.4, -0.2) is 110 Å². The lowest BCUT2D eigenvalue weighted by atomic mass is 9.94. The lowest BCUT2D eigenvalue weighted by Crippen LogP contribution is -2.52. The highest BCUT2D eigenvalue weighted by Gasteiger charge is 2.43. The Balaban J connectivity index is 0.000000166. The average Bonchev–Trinajstić information content (AvgIpc) is 3.92. The highest BCUT2D eigenvalue weighted by molar-refractivity contribution is 5.76. The van der Waals surface area contributed by atoms with Crippen molar-refractivity contribution in [1.29, 1.82) is 0 Å². The smallest absolute Gasteiger partial charge is 0.409 e. The van der Waals surface area contributed by atoms with E-state index in [0.717, 1.165) is 77.8 Å². The number of ether oxygens (including phenoxy) is 1. The van der Waals surface area contributed by atoms with Crippen LogP contribution in [0.15, 0.2) is 46.0 Å². The van der Waals surface area contributed by atoms with Crippen molar-refractivity contribution in [2.24, 2.45) is 0 Å². The van der Waals surface area contributed by atoms with E-state index in [2.05, 4.69) is 38.9 Å². The summed E-state index contributed by atoms with van der Waals surface area (Å²) >= 11 is 0. The third-order valence-electron chi connectivity index (χ3n) is 12.0. The number of likely N-dealkylation sites (tertiary alicyclic amines) is 3. The summed E-state index contributed by atoms with van der Waals surface area (Å²) in [4.78, 5) is 49.4. The van der Waals surface area contributed by atoms with Crippen molar-refractivity contribution in [2.45, 2.75) is 88.9 Å². The summed E-state index contributed by atoms with van der Waals surface area (Å²) in [6.07, 6.45) is 6.18. The topological polar surface area (TPSA) is 124 Å². The van der Waals surface area contributed by atoms with Gasteiger partial charge in [-0.15, -0.1) is 0 Å². The Morgan fingerprint density at radius 2 is 1.31 bits per heavy atom. The second kappa shape index (κ2) is 14.8. The molecular weight excluding hydrogens is 670 g/mol. The van der Waals surface area contributed by atoms with Gasteiger partial charge in [0.25, 0.3) is 0 Å². The van der Waals surface area contributed by atoms with Crippen molar-refractivity contribution in [3.63, 3.8) is 0 Å². The van der Waals surface area contributed by atoms with E-state index >= 15 is 0 Å². The second-order valence-corrected chi connectivity index (χ2v) is 15.6. The van der Waals surface area contributed by atoms with E-state index in [9.17, 15) is 23.2 Å². The van der Waals surface area contributed by atoms with Gasteiger partial charge in [-0.1, -0.05) is 6.92 Å². The summed E-state index contributed by atoms with van der Waals surface area (Å²) in [5.74, 6) is -0.636. The first-order chi connectivity index (χ1) is 25.0. The molecule has 8 rings (SSSR count). The molecular formula is C38H52F2N8O4. The molecule has 3 N–H and O–H groups in total. The number of carbonyl (C=O) groups excluding carboxylic acids is 1. The van der Waals surface area contributed by atoms with E-state index < -0.39 is 0 Å². The zero-order chi connectivity index (χ0) is 36.6. The molecule has 0 bridgehead atoms. The molecule has 4 aromatic rings. The first kappa shape index (κ1) is 36.4. The quantitative estimate of drug-likeness (QED) is 0.257. The number of nitrogens with one attached hydrogen (secondary N) is 3. The van der Waals surface area contributed by atoms with Gasteiger partial charge >= 0.3 is 17.5 Å². The number of nitrogens with zero attached hydrogens (tertiary/aromatic N) is 5. The van der Waals surface area contributed by atoms with Crippen molar-refractivity contribution < 1.29 is 18.3 Å². The van der Waals surface area contributed by atoms with E-state index in [4.69, 9.17) is 4.74 Å². The van der Waals surface area contributed by atoms with E-state index in [0.29, 0.717) is 41.8 Å². The van der Waals surface area contributed by atoms with Gasteiger partial charge in [-0.25, -0.2) is 23.2 Å². The zero-order valence-electron chi connectivity index (χ0n) is 30.6. The number of rotatable bonds is 6. The molecule has 6 heterocycles. The predicted octanol–water partition coefficient (Wildman–Crippen LogP) is 4.97. The molecule has 0 radical (unpaired) electrons. The summed E-state index contributed by atoms with van der Waals surface area (Å²) < 4.78 is 36.0. The molecule has 0 aliphatic carbocycles. The summed E-state index contributed by atoms with van der Waals surface area (Å²) in [6, 6.07) is 9.09. The number of fused-ring (bicyclic) bond motifs is 2. The van der Waals surface area contributed by atoms with Crippen LogP contribution < -0.4 is 16.7 Å². The molecule has 14 heteroatoms. The van der Waals surface area contributed by atoms with Gasteiger partial charge in [0.1, 0.15) is 11.6 Å². The molecule has 1 amide bonds. The van der Waals surface area contributed by atoms with Gasteiger partial charge in [-0.2, -0.15) is 0 Å². The molecule has 12 nitrogen and oxygen atoms in total. The standard InChI is InChI=1S/C21H29FN4O3.C17H23FN4O/c1-3-12-29-20(28)24-11-8-21(2,14-24)25-9-6-16(7-10-25)26-18-13-15(22)4-5-17(18)23-19(26)27;1-17(6-7-19-11-17)21-8-4-13(5-9-21)22-15-10-12(18)2-3-14(15)20-16(22)23/h4-5,13,16H,3,6-12,14H2,1-2H3,(H,23,27);2-3,10,13,19H,4-9,11H2,1H3,(H,20,23). The van der Waals surface area contributed by atoms with Crippen LogP contribution in [0.5, 0.6) is 0 Å². The van der Waals surface area contributed by atoms with Crippen LogP contribution in [-0.2, 0) is 4.74 Å². The first-order valence-electron chi connectivity index (χ1n) is 18.9. The minimum Gasteiger partial charge on any atom is -0.449 e. The Hall–Kier alpha value is -4.01. The van der Waals surface area contributed by atoms with Crippen molar-refractivity contribution in [1.82, 2.24) is 39.1 Å². The van der Waals surface area contributed by atoms with E-state index in [-0.39, 0.29) is 52.3 Å². The zero-order valence-corrected chi connectivity index (χ0v) is 30.6. The maximum atomic E-state index is 13.7. The summed E-state index contributed by atoms with van der Waals surface area (Å²) in [5, 5.41) is 3.44. The van der Waals surface area contributed by atoms with E-state index in [1.54, 1.807) is 26.2 Å². The average molecular weight is 723 g/mol. The molecule has 2 aromatic heterocycles. The third-order valence-corrected chi connectivity index (χ3v) is 12.0. The van der Waals surface area contributed by atoms with Crippen LogP contribution >= 0.6 is 0 Å². The lowest BCUT2D eigenvalue weighted by molar-refractivity contribution is 0.0632. The van der Waals surface area contributed by atoms with Gasteiger partial charge in [-0.05, 0) is 102 Å². The van der Waals surface area contributed by atoms with Crippen LogP contribution in [0.4, 0.5) is 13.6 Å². The summed E-state index contributed by atoms with van der Waals surface area (Å²) in [6.45, 7) is 14.1. The highest BCUT2D eigenvalue weighted by Crippen LogP contribution is 2.35. The number of H-pyrrole nitrogens is 2. The number of aromatic amines is 2. The number of piperidine rings is 2. The van der Waals surface area contributed by atoms with Gasteiger partial charge in [0.2, 0.25) is 0 Å². The SMILES string of the molecule is CC1(N2CCC(n3c(=O)[nH]c4ccc(F)cc43)CC2)CCNC1.CCCOC(=O)N1CCC(C)(N2CCC(n3c(=O)[nH]c4ccc(F)cc43)CC2)C1. The summed E-state index contributed by atoms with van der Waals surface area (Å²) in [5.41, 5.74) is 2.55. The fourth-order valence-corrected chi connectivity index (χ4v) is 8.96. The Morgan fingerprint density at radius 3 is 1.79 bits per heavy atom. The van der Waals surface area contributed by atoms with Crippen LogP contribution in [0, 0.1) is 11.6 Å². The van der Waals surface area contributed by atoms with E-state index in [1.165, 1.54) is 30.7 Å². The van der Waals surface area contributed by atoms with Crippen LogP contribution in [0.25, 0.3) is 22.1 Å². The lowest BCUT2D eigenvalue weighted by Gasteiger charge is -2.43. The molecule has 0 saturated carbocycles. The maximum Gasteiger partial charge on any atom is 0.409 e. The molecule has 2 aromatic carbocycles. The van der Waals surface area contributed by atoms with Crippen molar-refractivity contribution in [3.05, 3.63) is 69.0 Å². The number of hydrogen-bond acceptors (Lipinski definition) is 7. The molecule has 0 spiro atoms. The molecule has 4 aliphatic heterocycles. The van der Waals surface area contributed by atoms with Crippen LogP contribution in [0.2, 0.25) is 0 Å². The third kappa shape index (κ3) is 7.16. The number of aromatic nitrogens is 4. The number of hydrogen-bond donors (Lipinski definition) is 3. The molecule has 52 heavy (non-hydrogen) atoms. The number of benzene rings is 2. The molecule has 2 unspecified atom stereocenters. The molecule has 4 saturated heterocycles. The van der Waals surface area contributed by atoms with Gasteiger partial charge in [-0.3, -0.25) is 18.9 Å². The number of carbonyl (C=O) groups is 1. The Bertz CT molecular complexity index is 2000. The maximum absolute atomic E-state index is 13.7. The number of amides is 1. The van der Waals surface area contributed by atoms with Crippen molar-refractivity contribution >= 4 is 28.2 Å². The van der Waals surface area contributed by atoms with Crippen molar-refractivity contribution in [2.75, 3.05) is 59.0 Å². The van der Waals surface area contributed by atoms with Gasteiger partial charge < -0.3 is 24.9 Å². The van der Waals surface area contributed by atoms with E-state index in [1.807, 2.05) is 6.92 Å².